The molecule has 0 fully saturated rings. The predicted octanol–water partition coefficient (Wildman–Crippen LogP) is 2.99. The van der Waals surface area contributed by atoms with E-state index >= 15 is 0 Å². The van der Waals surface area contributed by atoms with Gasteiger partial charge < -0.3 is 10.4 Å². The molecule has 2 N–H and O–H groups in total. The lowest BCUT2D eigenvalue weighted by Gasteiger charge is -2.09. The molecule has 0 aliphatic rings. The van der Waals surface area contributed by atoms with E-state index in [9.17, 15) is 9.90 Å². The number of aliphatic hydroxyl groups is 1. The first-order valence-corrected chi connectivity index (χ1v) is 6.63. The van der Waals surface area contributed by atoms with Crippen molar-refractivity contribution in [2.45, 2.75) is 25.9 Å². The molecule has 94 valence electrons. The summed E-state index contributed by atoms with van der Waals surface area (Å²) in [6, 6.07) is 5.04. The van der Waals surface area contributed by atoms with Gasteiger partial charge >= 0.3 is 0 Å². The number of aliphatic hydroxyl groups excluding tert-OH is 1. The molecule has 1 rings (SSSR count). The van der Waals surface area contributed by atoms with Crippen LogP contribution >= 0.6 is 27.5 Å². The fourth-order valence-corrected chi connectivity index (χ4v) is 1.72. The van der Waals surface area contributed by atoms with Crippen LogP contribution in [0.25, 0.3) is 0 Å². The highest BCUT2D eigenvalue weighted by Gasteiger charge is 2.08. The van der Waals surface area contributed by atoms with Gasteiger partial charge in [-0.1, -0.05) is 18.5 Å². The Morgan fingerprint density at radius 1 is 1.59 bits per heavy atom. The number of nitrogens with one attached hydrogen (secondary N) is 1. The molecule has 1 unspecified atom stereocenters. The molecular weight excluding hydrogens is 305 g/mol. The van der Waals surface area contributed by atoms with E-state index in [-0.39, 0.29) is 12.0 Å². The zero-order valence-corrected chi connectivity index (χ0v) is 11.9. The Hall–Kier alpha value is -0.580. The fraction of sp³-hybridized carbons (Fsp3) is 0.417. The van der Waals surface area contributed by atoms with E-state index in [1.54, 1.807) is 18.2 Å². The van der Waals surface area contributed by atoms with Crippen molar-refractivity contribution in [3.63, 3.8) is 0 Å². The zero-order chi connectivity index (χ0) is 12.8. The van der Waals surface area contributed by atoms with Crippen LogP contribution in [-0.4, -0.2) is 23.7 Å². The van der Waals surface area contributed by atoms with Crippen LogP contribution in [0.5, 0.6) is 0 Å². The Balaban J connectivity index is 2.50. The van der Waals surface area contributed by atoms with Gasteiger partial charge in [-0.2, -0.15) is 0 Å². The number of rotatable bonds is 5. The first-order chi connectivity index (χ1) is 8.04. The zero-order valence-electron chi connectivity index (χ0n) is 9.54. The molecule has 0 spiro atoms. The quantitative estimate of drug-likeness (QED) is 0.876. The molecule has 17 heavy (non-hydrogen) atoms. The van der Waals surface area contributed by atoms with Gasteiger partial charge in [-0.25, -0.2) is 0 Å². The number of carbonyl (C=O) groups excluding carboxylic acids is 1. The smallest absolute Gasteiger partial charge is 0.251 e. The summed E-state index contributed by atoms with van der Waals surface area (Å²) in [5, 5.41) is 12.6. The van der Waals surface area contributed by atoms with Crippen LogP contribution in [0, 0.1) is 0 Å². The van der Waals surface area contributed by atoms with Crippen molar-refractivity contribution >= 4 is 33.4 Å². The normalized spacial score (nSPS) is 12.2. The fourth-order valence-electron chi connectivity index (χ4n) is 1.30. The van der Waals surface area contributed by atoms with E-state index in [1.807, 2.05) is 6.92 Å². The van der Waals surface area contributed by atoms with Crippen molar-refractivity contribution in [2.75, 3.05) is 6.54 Å². The third-order valence-electron chi connectivity index (χ3n) is 2.42. The van der Waals surface area contributed by atoms with Crippen molar-refractivity contribution in [2.24, 2.45) is 0 Å². The van der Waals surface area contributed by atoms with Crippen LogP contribution < -0.4 is 5.32 Å². The predicted molar refractivity (Wildman–Crippen MR) is 72.4 cm³/mol. The summed E-state index contributed by atoms with van der Waals surface area (Å²) in [5.41, 5.74) is 0.518. The number of carbonyl (C=O) groups is 1. The van der Waals surface area contributed by atoms with Gasteiger partial charge in [-0.3, -0.25) is 4.79 Å². The lowest BCUT2D eigenvalue weighted by molar-refractivity contribution is 0.0942. The number of amides is 1. The summed E-state index contributed by atoms with van der Waals surface area (Å²) in [4.78, 5) is 11.7. The Bertz CT molecular complexity index is 398. The summed E-state index contributed by atoms with van der Waals surface area (Å²) in [7, 11) is 0. The topological polar surface area (TPSA) is 49.3 Å². The van der Waals surface area contributed by atoms with Gasteiger partial charge in [0.1, 0.15) is 0 Å². The van der Waals surface area contributed by atoms with Crippen molar-refractivity contribution in [1.29, 1.82) is 0 Å². The summed E-state index contributed by atoms with van der Waals surface area (Å²) >= 11 is 9.16. The van der Waals surface area contributed by atoms with Crippen molar-refractivity contribution in [3.8, 4) is 0 Å². The molecule has 0 bridgehead atoms. The first kappa shape index (κ1) is 14.5. The standard InChI is InChI=1S/C12H15BrClNO2/c1-2-9(16)5-6-15-12(17)8-3-4-10(13)11(14)7-8/h3-4,7,9,16H,2,5-6H2,1H3,(H,15,17). The van der Waals surface area contributed by atoms with E-state index in [1.165, 1.54) is 0 Å². The number of hydrogen-bond donors (Lipinski definition) is 2. The molecule has 0 saturated heterocycles. The van der Waals surface area contributed by atoms with E-state index in [0.29, 0.717) is 30.0 Å². The van der Waals surface area contributed by atoms with Crippen LogP contribution in [0.3, 0.4) is 0 Å². The summed E-state index contributed by atoms with van der Waals surface area (Å²) in [6.45, 7) is 2.36. The number of halogens is 2. The van der Waals surface area contributed by atoms with Gasteiger partial charge in [0, 0.05) is 16.6 Å². The second-order valence-electron chi connectivity index (χ2n) is 3.74. The maximum atomic E-state index is 11.7. The van der Waals surface area contributed by atoms with Crippen LogP contribution in [-0.2, 0) is 0 Å². The monoisotopic (exact) mass is 319 g/mol. The Kier molecular flexibility index (Phi) is 5.95. The van der Waals surface area contributed by atoms with Gasteiger partial charge in [0.15, 0.2) is 0 Å². The first-order valence-electron chi connectivity index (χ1n) is 5.46. The molecule has 1 amide bonds. The average Bonchev–Trinajstić information content (AvgIpc) is 2.32. The lowest BCUT2D eigenvalue weighted by Crippen LogP contribution is -2.26. The highest BCUT2D eigenvalue weighted by molar-refractivity contribution is 9.10. The van der Waals surface area contributed by atoms with Gasteiger partial charge in [0.05, 0.1) is 11.1 Å². The van der Waals surface area contributed by atoms with E-state index in [4.69, 9.17) is 11.6 Å². The van der Waals surface area contributed by atoms with Gasteiger partial charge in [0.25, 0.3) is 5.91 Å². The third kappa shape index (κ3) is 4.66. The second-order valence-corrected chi connectivity index (χ2v) is 5.00. The molecule has 0 aromatic heterocycles. The van der Waals surface area contributed by atoms with Crippen LogP contribution in [0.2, 0.25) is 5.02 Å². The summed E-state index contributed by atoms with van der Waals surface area (Å²) in [5.74, 6) is -0.178. The van der Waals surface area contributed by atoms with Gasteiger partial charge in [-0.15, -0.1) is 0 Å². The lowest BCUT2D eigenvalue weighted by atomic mass is 10.2. The molecule has 0 saturated carbocycles. The minimum Gasteiger partial charge on any atom is -0.393 e. The molecule has 5 heteroatoms. The molecule has 0 radical (unpaired) electrons. The van der Waals surface area contributed by atoms with Gasteiger partial charge in [-0.05, 0) is 47.0 Å². The molecule has 1 aromatic rings. The Morgan fingerprint density at radius 3 is 2.88 bits per heavy atom. The number of benzene rings is 1. The Labute approximate surface area is 114 Å². The van der Waals surface area contributed by atoms with E-state index in [2.05, 4.69) is 21.2 Å². The van der Waals surface area contributed by atoms with Crippen LogP contribution in [0.15, 0.2) is 22.7 Å². The minimum absolute atomic E-state index is 0.178. The van der Waals surface area contributed by atoms with E-state index in [0.717, 1.165) is 4.47 Å². The molecule has 1 aromatic carbocycles. The average molecular weight is 321 g/mol. The van der Waals surface area contributed by atoms with E-state index < -0.39 is 0 Å². The second kappa shape index (κ2) is 6.99. The molecule has 0 heterocycles. The van der Waals surface area contributed by atoms with Crippen molar-refractivity contribution in [1.82, 2.24) is 5.32 Å². The maximum Gasteiger partial charge on any atom is 0.251 e. The minimum atomic E-state index is -0.358. The molecule has 1 atom stereocenters. The largest absolute Gasteiger partial charge is 0.393 e. The summed E-state index contributed by atoms with van der Waals surface area (Å²) in [6.07, 6.45) is 0.899. The van der Waals surface area contributed by atoms with Crippen LogP contribution in [0.1, 0.15) is 30.1 Å². The maximum absolute atomic E-state index is 11.7. The van der Waals surface area contributed by atoms with Crippen molar-refractivity contribution < 1.29 is 9.90 Å². The molecule has 0 aliphatic carbocycles. The summed E-state index contributed by atoms with van der Waals surface area (Å²) < 4.78 is 0.761. The molecule has 0 aliphatic heterocycles. The third-order valence-corrected chi connectivity index (χ3v) is 3.65. The van der Waals surface area contributed by atoms with Gasteiger partial charge in [0.2, 0.25) is 0 Å². The highest BCUT2D eigenvalue weighted by Crippen LogP contribution is 2.23. The number of hydrogen-bond acceptors (Lipinski definition) is 2. The Morgan fingerprint density at radius 2 is 2.29 bits per heavy atom. The highest BCUT2D eigenvalue weighted by atomic mass is 79.9. The molecule has 3 nitrogen and oxygen atoms in total. The SMILES string of the molecule is CCC(O)CCNC(=O)c1ccc(Br)c(Cl)c1. The van der Waals surface area contributed by atoms with Crippen LogP contribution in [0.4, 0.5) is 0 Å². The van der Waals surface area contributed by atoms with Crippen molar-refractivity contribution in [3.05, 3.63) is 33.3 Å². The molecular formula is C12H15BrClNO2.